The molecule has 1 saturated carbocycles. The van der Waals surface area contributed by atoms with Crippen LogP contribution in [-0.2, 0) is 19.7 Å². The van der Waals surface area contributed by atoms with Crippen molar-refractivity contribution in [3.05, 3.63) is 34.9 Å². The summed E-state index contributed by atoms with van der Waals surface area (Å²) in [5.74, 6) is -0.195. The van der Waals surface area contributed by atoms with Crippen molar-refractivity contribution < 1.29 is 14.3 Å². The molecule has 0 atom stereocenters. The minimum atomic E-state index is -0.449. The van der Waals surface area contributed by atoms with Gasteiger partial charge in [-0.2, -0.15) is 0 Å². The quantitative estimate of drug-likeness (QED) is 0.646. The fraction of sp³-hybridized carbons (Fsp3) is 0.529. The van der Waals surface area contributed by atoms with E-state index < -0.39 is 5.41 Å². The summed E-state index contributed by atoms with van der Waals surface area (Å²) in [6, 6.07) is 7.56. The Balaban J connectivity index is 2.00. The number of halogens is 1. The summed E-state index contributed by atoms with van der Waals surface area (Å²) in [6.45, 7) is 0.489. The van der Waals surface area contributed by atoms with Crippen molar-refractivity contribution >= 4 is 23.5 Å². The average Bonchev–Trinajstić information content (AvgIpc) is 3.02. The van der Waals surface area contributed by atoms with Gasteiger partial charge in [-0.1, -0.05) is 36.6 Å². The van der Waals surface area contributed by atoms with E-state index in [0.717, 1.165) is 31.2 Å². The van der Waals surface area contributed by atoms with E-state index in [1.165, 1.54) is 7.11 Å². The molecule has 2 rings (SSSR count). The summed E-state index contributed by atoms with van der Waals surface area (Å²) in [5, 5.41) is 3.65. The van der Waals surface area contributed by atoms with Gasteiger partial charge in [0.25, 0.3) is 0 Å². The van der Waals surface area contributed by atoms with Crippen LogP contribution in [0.2, 0.25) is 5.02 Å². The van der Waals surface area contributed by atoms with Gasteiger partial charge in [-0.15, -0.1) is 0 Å². The lowest BCUT2D eigenvalue weighted by Crippen LogP contribution is -2.43. The Hall–Kier alpha value is -1.55. The van der Waals surface area contributed by atoms with Crippen LogP contribution in [0, 0.1) is 0 Å². The van der Waals surface area contributed by atoms with E-state index in [4.69, 9.17) is 11.6 Å². The van der Waals surface area contributed by atoms with E-state index in [0.29, 0.717) is 24.4 Å². The van der Waals surface area contributed by atoms with Crippen LogP contribution in [0.3, 0.4) is 0 Å². The van der Waals surface area contributed by atoms with Gasteiger partial charge in [-0.05, 0) is 37.0 Å². The van der Waals surface area contributed by atoms with Gasteiger partial charge in [0, 0.05) is 18.0 Å². The second-order valence-corrected chi connectivity index (χ2v) is 6.17. The average molecular weight is 324 g/mol. The van der Waals surface area contributed by atoms with Crippen molar-refractivity contribution in [2.24, 2.45) is 0 Å². The van der Waals surface area contributed by atoms with Crippen LogP contribution in [0.5, 0.6) is 0 Å². The monoisotopic (exact) mass is 323 g/mol. The lowest BCUT2D eigenvalue weighted by Gasteiger charge is -2.28. The summed E-state index contributed by atoms with van der Waals surface area (Å²) in [5.41, 5.74) is 0.579. The molecule has 4 nitrogen and oxygen atoms in total. The molecule has 22 heavy (non-hydrogen) atoms. The number of hydrogen-bond acceptors (Lipinski definition) is 3. The van der Waals surface area contributed by atoms with Crippen LogP contribution in [0.1, 0.15) is 44.1 Å². The van der Waals surface area contributed by atoms with Gasteiger partial charge in [0.05, 0.1) is 12.5 Å². The van der Waals surface area contributed by atoms with Crippen molar-refractivity contribution in [1.82, 2.24) is 5.32 Å². The summed E-state index contributed by atoms with van der Waals surface area (Å²) >= 11 is 5.94. The molecule has 1 fully saturated rings. The van der Waals surface area contributed by atoms with Crippen molar-refractivity contribution in [3.8, 4) is 0 Å². The highest BCUT2D eigenvalue weighted by Crippen LogP contribution is 2.41. The summed E-state index contributed by atoms with van der Waals surface area (Å²) < 4.78 is 4.59. The number of carbonyl (C=O) groups excluding carboxylic acids is 2. The summed E-state index contributed by atoms with van der Waals surface area (Å²) in [4.78, 5) is 23.8. The predicted molar refractivity (Wildman–Crippen MR) is 85.9 cm³/mol. The van der Waals surface area contributed by atoms with E-state index in [1.807, 2.05) is 24.3 Å². The molecule has 0 spiro atoms. The van der Waals surface area contributed by atoms with Gasteiger partial charge in [-0.25, -0.2) is 0 Å². The molecule has 0 aliphatic heterocycles. The van der Waals surface area contributed by atoms with Gasteiger partial charge in [0.15, 0.2) is 0 Å². The zero-order valence-corrected chi connectivity index (χ0v) is 13.6. The highest BCUT2D eigenvalue weighted by molar-refractivity contribution is 6.30. The molecule has 1 aliphatic carbocycles. The molecule has 0 radical (unpaired) electrons. The number of ether oxygens (including phenoxy) is 1. The van der Waals surface area contributed by atoms with Crippen LogP contribution in [0.4, 0.5) is 0 Å². The Kier molecular flexibility index (Phi) is 5.83. The molecular weight excluding hydrogens is 302 g/mol. The van der Waals surface area contributed by atoms with Crippen molar-refractivity contribution in [3.63, 3.8) is 0 Å². The standard InChI is InChI=1S/C17H22ClNO3/c1-22-15(20)5-4-12-19-16(21)17(10-2-3-11-17)13-6-8-14(18)9-7-13/h6-9H,2-5,10-12H2,1H3,(H,19,21). The molecule has 120 valence electrons. The van der Waals surface area contributed by atoms with Crippen molar-refractivity contribution in [1.29, 1.82) is 0 Å². The highest BCUT2D eigenvalue weighted by Gasteiger charge is 2.42. The second kappa shape index (κ2) is 7.63. The molecule has 0 heterocycles. The maximum atomic E-state index is 12.7. The first-order valence-electron chi connectivity index (χ1n) is 7.70. The van der Waals surface area contributed by atoms with Crippen molar-refractivity contribution in [2.45, 2.75) is 43.9 Å². The van der Waals surface area contributed by atoms with Gasteiger partial charge in [0.1, 0.15) is 0 Å². The number of hydrogen-bond donors (Lipinski definition) is 1. The molecule has 5 heteroatoms. The Morgan fingerprint density at radius 1 is 1.23 bits per heavy atom. The minimum absolute atomic E-state index is 0.0530. The van der Waals surface area contributed by atoms with Crippen LogP contribution in [-0.4, -0.2) is 25.5 Å². The number of rotatable bonds is 6. The van der Waals surface area contributed by atoms with Crippen LogP contribution < -0.4 is 5.32 Å². The van der Waals surface area contributed by atoms with E-state index in [-0.39, 0.29) is 11.9 Å². The van der Waals surface area contributed by atoms with E-state index in [1.54, 1.807) is 0 Å². The maximum Gasteiger partial charge on any atom is 0.305 e. The van der Waals surface area contributed by atoms with Crippen LogP contribution >= 0.6 is 11.6 Å². The first-order chi connectivity index (χ1) is 10.6. The molecule has 1 N–H and O–H groups in total. The normalized spacial score (nSPS) is 16.3. The van der Waals surface area contributed by atoms with E-state index in [2.05, 4.69) is 10.1 Å². The number of esters is 1. The Bertz CT molecular complexity index is 521. The minimum Gasteiger partial charge on any atom is -0.469 e. The topological polar surface area (TPSA) is 55.4 Å². The number of methoxy groups -OCH3 is 1. The third kappa shape index (κ3) is 3.80. The Labute approximate surface area is 136 Å². The molecule has 1 amide bonds. The molecular formula is C17H22ClNO3. The fourth-order valence-corrected chi connectivity index (χ4v) is 3.23. The first kappa shape index (κ1) is 16.8. The summed E-state index contributed by atoms with van der Waals surface area (Å²) in [6.07, 6.45) is 4.74. The van der Waals surface area contributed by atoms with E-state index in [9.17, 15) is 9.59 Å². The predicted octanol–water partition coefficient (Wildman–Crippen LogP) is 3.22. The molecule has 0 unspecified atom stereocenters. The lowest BCUT2D eigenvalue weighted by molar-refractivity contribution is -0.140. The highest BCUT2D eigenvalue weighted by atomic mass is 35.5. The van der Waals surface area contributed by atoms with E-state index >= 15 is 0 Å². The molecule has 0 saturated heterocycles. The zero-order chi connectivity index (χ0) is 16.0. The summed E-state index contributed by atoms with van der Waals surface area (Å²) in [7, 11) is 1.37. The van der Waals surface area contributed by atoms with Crippen LogP contribution in [0.25, 0.3) is 0 Å². The Morgan fingerprint density at radius 3 is 2.45 bits per heavy atom. The van der Waals surface area contributed by atoms with Gasteiger partial charge in [0.2, 0.25) is 5.91 Å². The zero-order valence-electron chi connectivity index (χ0n) is 12.9. The number of nitrogens with one attached hydrogen (secondary N) is 1. The first-order valence-corrected chi connectivity index (χ1v) is 8.07. The molecule has 1 aliphatic rings. The molecule has 0 aromatic heterocycles. The third-order valence-corrected chi connectivity index (χ3v) is 4.61. The van der Waals surface area contributed by atoms with Crippen molar-refractivity contribution in [2.75, 3.05) is 13.7 Å². The molecule has 1 aromatic carbocycles. The van der Waals surface area contributed by atoms with Gasteiger partial charge < -0.3 is 10.1 Å². The van der Waals surface area contributed by atoms with Gasteiger partial charge in [-0.3, -0.25) is 9.59 Å². The SMILES string of the molecule is COC(=O)CCCNC(=O)C1(c2ccc(Cl)cc2)CCCC1. The molecule has 0 bridgehead atoms. The van der Waals surface area contributed by atoms with Crippen LogP contribution in [0.15, 0.2) is 24.3 Å². The third-order valence-electron chi connectivity index (χ3n) is 4.36. The fourth-order valence-electron chi connectivity index (χ4n) is 3.10. The largest absolute Gasteiger partial charge is 0.469 e. The molecule has 1 aromatic rings. The number of benzene rings is 1. The lowest BCUT2D eigenvalue weighted by atomic mass is 9.78. The Morgan fingerprint density at radius 2 is 1.86 bits per heavy atom. The second-order valence-electron chi connectivity index (χ2n) is 5.73. The maximum absolute atomic E-state index is 12.7. The van der Waals surface area contributed by atoms with Gasteiger partial charge >= 0.3 is 5.97 Å². The number of amides is 1. The smallest absolute Gasteiger partial charge is 0.305 e. The number of carbonyl (C=O) groups is 2.